The number of benzene rings is 1. The van der Waals surface area contributed by atoms with Crippen LogP contribution in [0.1, 0.15) is 38.2 Å². The summed E-state index contributed by atoms with van der Waals surface area (Å²) in [6.45, 7) is 1.36. The van der Waals surface area contributed by atoms with E-state index in [2.05, 4.69) is 10.6 Å². The second-order valence-electron chi connectivity index (χ2n) is 5.76. The van der Waals surface area contributed by atoms with Crippen molar-refractivity contribution in [2.75, 3.05) is 7.05 Å². The number of ether oxygens (including phenoxy) is 1. The van der Waals surface area contributed by atoms with E-state index in [1.54, 1.807) is 24.3 Å². The summed E-state index contributed by atoms with van der Waals surface area (Å²) in [4.78, 5) is 23.2. The summed E-state index contributed by atoms with van der Waals surface area (Å²) in [5, 5.41) is 6.32. The molecule has 1 aliphatic carbocycles. The summed E-state index contributed by atoms with van der Waals surface area (Å²) >= 11 is 0. The highest BCUT2D eigenvalue weighted by molar-refractivity contribution is 5.92. The Kier molecular flexibility index (Phi) is 6.35. The van der Waals surface area contributed by atoms with E-state index in [0.717, 1.165) is 19.3 Å². The Morgan fingerprint density at radius 2 is 1.87 bits per heavy atom. The van der Waals surface area contributed by atoms with Crippen molar-refractivity contribution in [2.24, 2.45) is 0 Å². The molecule has 0 aromatic heterocycles. The molecule has 1 saturated carbocycles. The van der Waals surface area contributed by atoms with Gasteiger partial charge in [-0.1, -0.05) is 31.0 Å². The first-order valence-electron chi connectivity index (χ1n) is 8.03. The Labute approximate surface area is 137 Å². The van der Waals surface area contributed by atoms with E-state index in [9.17, 15) is 9.59 Å². The lowest BCUT2D eigenvalue weighted by molar-refractivity contribution is -0.131. The number of rotatable bonds is 5. The van der Waals surface area contributed by atoms with Crippen molar-refractivity contribution in [3.05, 3.63) is 35.9 Å². The first kappa shape index (κ1) is 17.2. The maximum absolute atomic E-state index is 12.1. The van der Waals surface area contributed by atoms with Gasteiger partial charge in [-0.25, -0.2) is 0 Å². The Morgan fingerprint density at radius 3 is 2.57 bits per heavy atom. The molecule has 0 radical (unpaired) electrons. The fraction of sp³-hybridized carbons (Fsp3) is 0.444. The van der Waals surface area contributed by atoms with Crippen LogP contribution in [0.3, 0.4) is 0 Å². The van der Waals surface area contributed by atoms with Gasteiger partial charge in [-0.3, -0.25) is 9.59 Å². The van der Waals surface area contributed by atoms with E-state index in [1.165, 1.54) is 19.4 Å². The minimum Gasteiger partial charge on any atom is -0.426 e. The second-order valence-corrected chi connectivity index (χ2v) is 5.76. The number of nitrogens with one attached hydrogen (secondary N) is 2. The van der Waals surface area contributed by atoms with Crippen LogP contribution in [0.2, 0.25) is 0 Å². The molecule has 0 bridgehead atoms. The van der Waals surface area contributed by atoms with Gasteiger partial charge >= 0.3 is 5.97 Å². The van der Waals surface area contributed by atoms with Crippen LogP contribution in [0.4, 0.5) is 0 Å². The summed E-state index contributed by atoms with van der Waals surface area (Å²) in [7, 11) is 1.93. The van der Waals surface area contributed by atoms with Crippen LogP contribution in [0.5, 0.6) is 5.75 Å². The van der Waals surface area contributed by atoms with Gasteiger partial charge in [0.05, 0.1) is 0 Å². The highest BCUT2D eigenvalue weighted by Crippen LogP contribution is 2.20. The number of hydrogen-bond acceptors (Lipinski definition) is 4. The SMILES string of the molecule is CN[C@@H]1CCCC[C@@H]1NC(=O)/C=C\c1ccccc1OC(C)=O. The molecule has 1 fully saturated rings. The molecule has 2 atom stereocenters. The predicted molar refractivity (Wildman–Crippen MR) is 90.0 cm³/mol. The van der Waals surface area contributed by atoms with Gasteiger partial charge in [-0.05, 0) is 32.0 Å². The lowest BCUT2D eigenvalue weighted by atomic mass is 9.90. The molecule has 1 aromatic carbocycles. The Morgan fingerprint density at radius 1 is 1.17 bits per heavy atom. The lowest BCUT2D eigenvalue weighted by Gasteiger charge is -2.31. The normalized spacial score (nSPS) is 21.1. The van der Waals surface area contributed by atoms with Gasteiger partial charge in [0, 0.05) is 30.6 Å². The van der Waals surface area contributed by atoms with Crippen LogP contribution in [0.25, 0.3) is 6.08 Å². The number of carbonyl (C=O) groups is 2. The van der Waals surface area contributed by atoms with Gasteiger partial charge in [-0.15, -0.1) is 0 Å². The third-order valence-corrected chi connectivity index (χ3v) is 4.05. The molecule has 1 aliphatic rings. The quantitative estimate of drug-likeness (QED) is 0.497. The van der Waals surface area contributed by atoms with Crippen LogP contribution in [-0.2, 0) is 9.59 Å². The van der Waals surface area contributed by atoms with Crippen molar-refractivity contribution in [3.8, 4) is 5.75 Å². The van der Waals surface area contributed by atoms with Gasteiger partial charge in [0.1, 0.15) is 5.75 Å². The molecule has 0 unspecified atom stereocenters. The molecule has 2 N–H and O–H groups in total. The topological polar surface area (TPSA) is 67.4 Å². The van der Waals surface area contributed by atoms with Gasteiger partial charge in [-0.2, -0.15) is 0 Å². The maximum Gasteiger partial charge on any atom is 0.308 e. The molecule has 23 heavy (non-hydrogen) atoms. The summed E-state index contributed by atoms with van der Waals surface area (Å²) in [6.07, 6.45) is 7.58. The molecular formula is C18H24N2O3. The van der Waals surface area contributed by atoms with E-state index in [0.29, 0.717) is 17.4 Å². The summed E-state index contributed by atoms with van der Waals surface area (Å²) in [6, 6.07) is 7.62. The molecule has 124 valence electrons. The molecule has 0 saturated heterocycles. The van der Waals surface area contributed by atoms with Crippen LogP contribution in [-0.4, -0.2) is 31.0 Å². The largest absolute Gasteiger partial charge is 0.426 e. The average Bonchev–Trinajstić information content (AvgIpc) is 2.54. The standard InChI is InChI=1S/C18H24N2O3/c1-13(21)23-17-10-6-3-7-14(17)11-12-18(22)20-16-9-5-4-8-15(16)19-2/h3,6-7,10-12,15-16,19H,4-5,8-9H2,1-2H3,(H,20,22)/b12-11-/t15-,16+/m1/s1. The van der Waals surface area contributed by atoms with Crippen LogP contribution >= 0.6 is 0 Å². The third-order valence-electron chi connectivity index (χ3n) is 4.05. The first-order chi connectivity index (χ1) is 11.1. The zero-order valence-corrected chi connectivity index (χ0v) is 13.7. The molecule has 5 heteroatoms. The van der Waals surface area contributed by atoms with Crippen molar-refractivity contribution in [2.45, 2.75) is 44.7 Å². The highest BCUT2D eigenvalue weighted by Gasteiger charge is 2.24. The van der Waals surface area contributed by atoms with Gasteiger partial charge in [0.2, 0.25) is 5.91 Å². The van der Waals surface area contributed by atoms with Gasteiger partial charge in [0.25, 0.3) is 0 Å². The molecule has 2 rings (SSSR count). The maximum atomic E-state index is 12.1. The summed E-state index contributed by atoms with van der Waals surface area (Å²) in [5.41, 5.74) is 0.701. The molecule has 1 aromatic rings. The molecule has 0 spiro atoms. The summed E-state index contributed by atoms with van der Waals surface area (Å²) < 4.78 is 5.13. The van der Waals surface area contributed by atoms with E-state index < -0.39 is 0 Å². The van der Waals surface area contributed by atoms with Gasteiger partial charge < -0.3 is 15.4 Å². The first-order valence-corrected chi connectivity index (χ1v) is 8.03. The number of para-hydroxylation sites is 1. The van der Waals surface area contributed by atoms with Crippen molar-refractivity contribution >= 4 is 18.0 Å². The molecule has 0 aliphatic heterocycles. The molecule has 0 heterocycles. The number of amides is 1. The van der Waals surface area contributed by atoms with Crippen molar-refractivity contribution in [3.63, 3.8) is 0 Å². The zero-order valence-electron chi connectivity index (χ0n) is 13.7. The number of likely N-dealkylation sites (N-methyl/N-ethyl adjacent to an activating group) is 1. The third kappa shape index (κ3) is 5.21. The smallest absolute Gasteiger partial charge is 0.308 e. The Hall–Kier alpha value is -2.14. The zero-order chi connectivity index (χ0) is 16.7. The van der Waals surface area contributed by atoms with Crippen molar-refractivity contribution in [1.82, 2.24) is 10.6 Å². The molecule has 5 nitrogen and oxygen atoms in total. The minimum atomic E-state index is -0.380. The van der Waals surface area contributed by atoms with Crippen molar-refractivity contribution in [1.29, 1.82) is 0 Å². The minimum absolute atomic E-state index is 0.130. The number of esters is 1. The van der Waals surface area contributed by atoms with Gasteiger partial charge in [0.15, 0.2) is 0 Å². The fourth-order valence-electron chi connectivity index (χ4n) is 2.91. The van der Waals surface area contributed by atoms with E-state index in [-0.39, 0.29) is 17.9 Å². The molecular weight excluding hydrogens is 292 g/mol. The lowest BCUT2D eigenvalue weighted by Crippen LogP contribution is -2.50. The second kappa shape index (κ2) is 8.48. The van der Waals surface area contributed by atoms with Crippen molar-refractivity contribution < 1.29 is 14.3 Å². The van der Waals surface area contributed by atoms with Crippen LogP contribution in [0.15, 0.2) is 30.3 Å². The number of carbonyl (C=O) groups excluding carboxylic acids is 2. The fourth-order valence-corrected chi connectivity index (χ4v) is 2.91. The van der Waals surface area contributed by atoms with E-state index in [1.807, 2.05) is 13.1 Å². The number of hydrogen-bond donors (Lipinski definition) is 2. The van der Waals surface area contributed by atoms with E-state index in [4.69, 9.17) is 4.74 Å². The molecule has 1 amide bonds. The average molecular weight is 316 g/mol. The van der Waals surface area contributed by atoms with Crippen LogP contribution < -0.4 is 15.4 Å². The Bertz CT molecular complexity index is 583. The monoisotopic (exact) mass is 316 g/mol. The Balaban J connectivity index is 1.99. The highest BCUT2D eigenvalue weighted by atomic mass is 16.5. The predicted octanol–water partition coefficient (Wildman–Crippen LogP) is 2.27. The van der Waals surface area contributed by atoms with Crippen LogP contribution in [0, 0.1) is 0 Å². The summed E-state index contributed by atoms with van der Waals surface area (Å²) in [5.74, 6) is -0.0565. The van der Waals surface area contributed by atoms with E-state index >= 15 is 0 Å².